The van der Waals surface area contributed by atoms with Gasteiger partial charge in [0.1, 0.15) is 0 Å². The zero-order chi connectivity index (χ0) is 19.0. The maximum atomic E-state index is 12.2. The smallest absolute Gasteiger partial charge is 0.251 e. The first-order valence-electron chi connectivity index (χ1n) is 8.61. The van der Waals surface area contributed by atoms with Crippen molar-refractivity contribution >= 4 is 15.7 Å². The van der Waals surface area contributed by atoms with Crippen LogP contribution in [0.15, 0.2) is 54.6 Å². The van der Waals surface area contributed by atoms with Crippen molar-refractivity contribution in [2.45, 2.75) is 18.7 Å². The first kappa shape index (κ1) is 20.1. The minimum Gasteiger partial charge on any atom is -0.352 e. The lowest BCUT2D eigenvalue weighted by atomic mass is 10.1. The molecule has 2 rings (SSSR count). The monoisotopic (exact) mass is 374 g/mol. The standard InChI is InChI=1S/C20H26N2O3S/c1-22(15-17-8-4-3-5-9-17)13-7-12-21-20(23)19-11-6-10-18(14-19)16-26(2,24)25/h3-6,8-11,14H,7,12-13,15-16H2,1-2H3,(H,21,23). The molecule has 0 aromatic heterocycles. The highest BCUT2D eigenvalue weighted by atomic mass is 32.2. The molecule has 0 radical (unpaired) electrons. The number of hydrogen-bond acceptors (Lipinski definition) is 4. The van der Waals surface area contributed by atoms with E-state index >= 15 is 0 Å². The molecule has 0 saturated carbocycles. The fourth-order valence-electron chi connectivity index (χ4n) is 2.73. The summed E-state index contributed by atoms with van der Waals surface area (Å²) in [5, 5.41) is 2.89. The van der Waals surface area contributed by atoms with Gasteiger partial charge in [-0.3, -0.25) is 4.79 Å². The van der Waals surface area contributed by atoms with Crippen LogP contribution in [0.3, 0.4) is 0 Å². The van der Waals surface area contributed by atoms with E-state index in [0.29, 0.717) is 17.7 Å². The van der Waals surface area contributed by atoms with Gasteiger partial charge in [-0.1, -0.05) is 42.5 Å². The molecular weight excluding hydrogens is 348 g/mol. The lowest BCUT2D eigenvalue weighted by molar-refractivity contribution is 0.0951. The van der Waals surface area contributed by atoms with Gasteiger partial charge in [0.25, 0.3) is 5.91 Å². The van der Waals surface area contributed by atoms with E-state index in [2.05, 4.69) is 29.4 Å². The summed E-state index contributed by atoms with van der Waals surface area (Å²) in [5.41, 5.74) is 2.38. The van der Waals surface area contributed by atoms with E-state index in [9.17, 15) is 13.2 Å². The molecule has 0 fully saturated rings. The van der Waals surface area contributed by atoms with E-state index in [0.717, 1.165) is 19.5 Å². The van der Waals surface area contributed by atoms with Gasteiger partial charge in [-0.25, -0.2) is 8.42 Å². The van der Waals surface area contributed by atoms with Crippen molar-refractivity contribution in [3.05, 3.63) is 71.3 Å². The molecule has 0 aliphatic carbocycles. The number of nitrogens with one attached hydrogen (secondary N) is 1. The number of benzene rings is 2. The van der Waals surface area contributed by atoms with Crippen molar-refractivity contribution in [1.82, 2.24) is 10.2 Å². The lowest BCUT2D eigenvalue weighted by Crippen LogP contribution is -2.28. The normalized spacial score (nSPS) is 11.5. The molecule has 26 heavy (non-hydrogen) atoms. The molecule has 0 aliphatic heterocycles. The molecule has 2 aromatic carbocycles. The predicted molar refractivity (Wildman–Crippen MR) is 105 cm³/mol. The zero-order valence-electron chi connectivity index (χ0n) is 15.3. The van der Waals surface area contributed by atoms with Crippen molar-refractivity contribution in [2.24, 2.45) is 0 Å². The van der Waals surface area contributed by atoms with E-state index in [4.69, 9.17) is 0 Å². The number of carbonyl (C=O) groups excluding carboxylic acids is 1. The Morgan fingerprint density at radius 1 is 1.04 bits per heavy atom. The van der Waals surface area contributed by atoms with Crippen LogP contribution in [0.1, 0.15) is 27.9 Å². The number of rotatable bonds is 9. The summed E-state index contributed by atoms with van der Waals surface area (Å²) in [7, 11) is -1.05. The van der Waals surface area contributed by atoms with Gasteiger partial charge in [0.05, 0.1) is 5.75 Å². The minimum atomic E-state index is -3.11. The summed E-state index contributed by atoms with van der Waals surface area (Å²) < 4.78 is 22.8. The largest absolute Gasteiger partial charge is 0.352 e. The first-order valence-corrected chi connectivity index (χ1v) is 10.7. The van der Waals surface area contributed by atoms with Crippen LogP contribution in [0.5, 0.6) is 0 Å². The van der Waals surface area contributed by atoms with Crippen LogP contribution in [0.2, 0.25) is 0 Å². The Morgan fingerprint density at radius 2 is 1.73 bits per heavy atom. The number of carbonyl (C=O) groups is 1. The van der Waals surface area contributed by atoms with E-state index in [-0.39, 0.29) is 11.7 Å². The molecule has 0 atom stereocenters. The van der Waals surface area contributed by atoms with Crippen LogP contribution in [-0.4, -0.2) is 45.6 Å². The molecule has 6 heteroatoms. The Hall–Kier alpha value is -2.18. The van der Waals surface area contributed by atoms with E-state index in [1.54, 1.807) is 24.3 Å². The molecule has 0 heterocycles. The molecule has 0 bridgehead atoms. The van der Waals surface area contributed by atoms with Gasteiger partial charge < -0.3 is 10.2 Å². The van der Waals surface area contributed by atoms with Crippen molar-refractivity contribution in [3.63, 3.8) is 0 Å². The van der Waals surface area contributed by atoms with Gasteiger partial charge in [0.2, 0.25) is 0 Å². The number of sulfone groups is 1. The highest BCUT2D eigenvalue weighted by molar-refractivity contribution is 7.89. The van der Waals surface area contributed by atoms with Crippen molar-refractivity contribution in [1.29, 1.82) is 0 Å². The zero-order valence-corrected chi connectivity index (χ0v) is 16.1. The second kappa shape index (κ2) is 9.50. The molecular formula is C20H26N2O3S. The molecule has 1 N–H and O–H groups in total. The predicted octanol–water partition coefficient (Wildman–Crippen LogP) is 2.48. The van der Waals surface area contributed by atoms with Crippen molar-refractivity contribution in [3.8, 4) is 0 Å². The van der Waals surface area contributed by atoms with Crippen LogP contribution >= 0.6 is 0 Å². The van der Waals surface area contributed by atoms with E-state index in [1.165, 1.54) is 11.8 Å². The molecule has 2 aromatic rings. The summed E-state index contributed by atoms with van der Waals surface area (Å²) in [6, 6.07) is 17.0. The quantitative estimate of drug-likeness (QED) is 0.685. The van der Waals surface area contributed by atoms with Crippen LogP contribution in [0, 0.1) is 0 Å². The van der Waals surface area contributed by atoms with Crippen LogP contribution in [0.25, 0.3) is 0 Å². The van der Waals surface area contributed by atoms with Crippen LogP contribution < -0.4 is 5.32 Å². The maximum Gasteiger partial charge on any atom is 0.251 e. The highest BCUT2D eigenvalue weighted by Gasteiger charge is 2.09. The third-order valence-electron chi connectivity index (χ3n) is 3.92. The fraction of sp³-hybridized carbons (Fsp3) is 0.350. The first-order chi connectivity index (χ1) is 12.3. The molecule has 0 spiro atoms. The van der Waals surface area contributed by atoms with Gasteiger partial charge in [0.15, 0.2) is 9.84 Å². The summed E-state index contributed by atoms with van der Waals surface area (Å²) >= 11 is 0. The van der Waals surface area contributed by atoms with Gasteiger partial charge in [-0.15, -0.1) is 0 Å². The van der Waals surface area contributed by atoms with Crippen molar-refractivity contribution in [2.75, 3.05) is 26.4 Å². The Labute approximate surface area is 156 Å². The second-order valence-electron chi connectivity index (χ2n) is 6.60. The van der Waals surface area contributed by atoms with E-state index < -0.39 is 9.84 Å². The molecule has 140 valence electrons. The number of nitrogens with zero attached hydrogens (tertiary/aromatic N) is 1. The Balaban J connectivity index is 1.75. The van der Waals surface area contributed by atoms with Gasteiger partial charge in [0, 0.05) is 24.9 Å². The van der Waals surface area contributed by atoms with E-state index in [1.807, 2.05) is 18.2 Å². The van der Waals surface area contributed by atoms with Gasteiger partial charge in [-0.2, -0.15) is 0 Å². The Morgan fingerprint density at radius 3 is 2.42 bits per heavy atom. The number of hydrogen-bond donors (Lipinski definition) is 1. The second-order valence-corrected chi connectivity index (χ2v) is 8.74. The summed E-state index contributed by atoms with van der Waals surface area (Å²) in [5.74, 6) is -0.232. The lowest BCUT2D eigenvalue weighted by Gasteiger charge is -2.16. The summed E-state index contributed by atoms with van der Waals surface area (Å²) in [6.07, 6.45) is 2.03. The molecule has 0 saturated heterocycles. The van der Waals surface area contributed by atoms with Crippen LogP contribution in [0.4, 0.5) is 0 Å². The maximum absolute atomic E-state index is 12.2. The molecule has 0 unspecified atom stereocenters. The molecule has 5 nitrogen and oxygen atoms in total. The molecule has 0 aliphatic rings. The number of amides is 1. The average molecular weight is 375 g/mol. The molecule has 1 amide bonds. The summed E-state index contributed by atoms with van der Waals surface area (Å²) in [6.45, 7) is 2.33. The SMILES string of the molecule is CN(CCCNC(=O)c1cccc(CS(C)(=O)=O)c1)Cc1ccccc1. The van der Waals surface area contributed by atoms with Crippen LogP contribution in [-0.2, 0) is 22.1 Å². The Bertz CT molecular complexity index is 820. The highest BCUT2D eigenvalue weighted by Crippen LogP contribution is 2.09. The van der Waals surface area contributed by atoms with Crippen molar-refractivity contribution < 1.29 is 13.2 Å². The van der Waals surface area contributed by atoms with Gasteiger partial charge >= 0.3 is 0 Å². The topological polar surface area (TPSA) is 66.5 Å². The Kier molecular flexibility index (Phi) is 7.36. The third kappa shape index (κ3) is 7.37. The minimum absolute atomic E-state index is 0.0571. The summed E-state index contributed by atoms with van der Waals surface area (Å²) in [4.78, 5) is 14.4. The van der Waals surface area contributed by atoms with Gasteiger partial charge in [-0.05, 0) is 43.3 Å². The fourth-order valence-corrected chi connectivity index (χ4v) is 3.52. The average Bonchev–Trinajstić information content (AvgIpc) is 2.58. The third-order valence-corrected chi connectivity index (χ3v) is 4.77.